The minimum atomic E-state index is -0.849. The van der Waals surface area contributed by atoms with Crippen LogP contribution in [0.2, 0.25) is 0 Å². The maximum atomic E-state index is 12.0. The smallest absolute Gasteiger partial charge is 0.305 e. The van der Waals surface area contributed by atoms with Crippen LogP contribution in [0.4, 0.5) is 0 Å². The van der Waals surface area contributed by atoms with Crippen molar-refractivity contribution in [3.8, 4) is 0 Å². The van der Waals surface area contributed by atoms with Crippen LogP contribution in [0, 0.1) is 23.7 Å². The maximum absolute atomic E-state index is 12.0. The van der Waals surface area contributed by atoms with Crippen LogP contribution in [-0.2, 0) is 9.59 Å². The van der Waals surface area contributed by atoms with E-state index in [-0.39, 0.29) is 30.2 Å². The van der Waals surface area contributed by atoms with Gasteiger partial charge in [0.2, 0.25) is 5.91 Å². The number of carboxylic acid groups (broad SMARTS) is 1. The Labute approximate surface area is 102 Å². The average molecular weight is 239 g/mol. The molecule has 2 aliphatic rings. The summed E-state index contributed by atoms with van der Waals surface area (Å²) >= 11 is 0. The first-order valence-electron chi connectivity index (χ1n) is 6.49. The van der Waals surface area contributed by atoms with Crippen molar-refractivity contribution < 1.29 is 14.7 Å². The highest BCUT2D eigenvalue weighted by molar-refractivity contribution is 5.80. The lowest BCUT2D eigenvalue weighted by atomic mass is 9.97. The van der Waals surface area contributed by atoms with Crippen molar-refractivity contribution in [2.45, 2.75) is 45.6 Å². The van der Waals surface area contributed by atoms with Gasteiger partial charge in [0.05, 0.1) is 6.42 Å². The van der Waals surface area contributed by atoms with E-state index in [1.54, 1.807) is 0 Å². The largest absolute Gasteiger partial charge is 0.481 e. The van der Waals surface area contributed by atoms with Crippen molar-refractivity contribution in [3.05, 3.63) is 0 Å². The van der Waals surface area contributed by atoms with Crippen LogP contribution >= 0.6 is 0 Å². The molecule has 0 bridgehead atoms. The van der Waals surface area contributed by atoms with E-state index >= 15 is 0 Å². The quantitative estimate of drug-likeness (QED) is 0.766. The number of carboxylic acids is 1. The van der Waals surface area contributed by atoms with E-state index in [1.165, 1.54) is 6.42 Å². The van der Waals surface area contributed by atoms with E-state index in [0.717, 1.165) is 24.7 Å². The molecule has 0 heterocycles. The lowest BCUT2D eigenvalue weighted by Gasteiger charge is -2.23. The molecule has 3 unspecified atom stereocenters. The highest BCUT2D eigenvalue weighted by Gasteiger charge is 2.48. The van der Waals surface area contributed by atoms with Gasteiger partial charge < -0.3 is 10.4 Å². The van der Waals surface area contributed by atoms with Crippen molar-refractivity contribution in [1.82, 2.24) is 5.32 Å². The molecule has 0 aromatic heterocycles. The van der Waals surface area contributed by atoms with Gasteiger partial charge in [-0.2, -0.15) is 0 Å². The standard InChI is InChI=1S/C13H21NO3/c1-7(2)11(6-12(15)16)14-13(17)10-4-8-3-9(8)5-10/h7-11H,3-6H2,1-2H3,(H,14,17)(H,15,16). The van der Waals surface area contributed by atoms with Gasteiger partial charge in [-0.15, -0.1) is 0 Å². The molecule has 0 aromatic rings. The van der Waals surface area contributed by atoms with E-state index in [0.29, 0.717) is 0 Å². The van der Waals surface area contributed by atoms with Crippen molar-refractivity contribution in [2.24, 2.45) is 23.7 Å². The van der Waals surface area contributed by atoms with Crippen molar-refractivity contribution >= 4 is 11.9 Å². The Morgan fingerprint density at radius 2 is 1.82 bits per heavy atom. The minimum Gasteiger partial charge on any atom is -0.481 e. The summed E-state index contributed by atoms with van der Waals surface area (Å²) in [6.45, 7) is 3.89. The number of amides is 1. The Bertz CT molecular complexity index is 317. The molecule has 4 nitrogen and oxygen atoms in total. The average Bonchev–Trinajstić information content (AvgIpc) is 2.84. The Morgan fingerprint density at radius 1 is 1.24 bits per heavy atom. The van der Waals surface area contributed by atoms with Gasteiger partial charge in [0.1, 0.15) is 0 Å². The number of nitrogens with one attached hydrogen (secondary N) is 1. The number of carbonyl (C=O) groups is 2. The molecule has 2 fully saturated rings. The minimum absolute atomic E-state index is 0.0168. The van der Waals surface area contributed by atoms with Crippen molar-refractivity contribution in [2.75, 3.05) is 0 Å². The summed E-state index contributed by atoms with van der Waals surface area (Å²) in [5, 5.41) is 11.7. The summed E-state index contributed by atoms with van der Waals surface area (Å²) in [6, 6.07) is -0.239. The van der Waals surface area contributed by atoms with Gasteiger partial charge in [0, 0.05) is 12.0 Å². The van der Waals surface area contributed by atoms with E-state index in [2.05, 4.69) is 5.32 Å². The zero-order valence-corrected chi connectivity index (χ0v) is 10.5. The Balaban J connectivity index is 1.84. The molecule has 0 saturated heterocycles. The van der Waals surface area contributed by atoms with E-state index in [4.69, 9.17) is 5.11 Å². The van der Waals surface area contributed by atoms with Gasteiger partial charge in [-0.25, -0.2) is 0 Å². The number of carbonyl (C=O) groups excluding carboxylic acids is 1. The Hall–Kier alpha value is -1.06. The third-order valence-electron chi connectivity index (χ3n) is 4.14. The number of fused-ring (bicyclic) bond motifs is 1. The van der Waals surface area contributed by atoms with Crippen molar-refractivity contribution in [3.63, 3.8) is 0 Å². The molecule has 2 N–H and O–H groups in total. The lowest BCUT2D eigenvalue weighted by Crippen LogP contribution is -2.42. The van der Waals surface area contributed by atoms with Crippen LogP contribution in [0.5, 0.6) is 0 Å². The van der Waals surface area contributed by atoms with Crippen LogP contribution in [0.15, 0.2) is 0 Å². The summed E-state index contributed by atoms with van der Waals surface area (Å²) in [7, 11) is 0. The zero-order valence-electron chi connectivity index (χ0n) is 10.5. The summed E-state index contributed by atoms with van der Waals surface area (Å²) in [5.41, 5.74) is 0. The van der Waals surface area contributed by atoms with E-state index in [9.17, 15) is 9.59 Å². The van der Waals surface area contributed by atoms with Crippen molar-refractivity contribution in [1.29, 1.82) is 0 Å². The van der Waals surface area contributed by atoms with Gasteiger partial charge in [0.25, 0.3) is 0 Å². The second-order valence-electron chi connectivity index (χ2n) is 5.88. The molecule has 3 atom stereocenters. The normalized spacial score (nSPS) is 32.1. The van der Waals surface area contributed by atoms with Gasteiger partial charge >= 0.3 is 5.97 Å². The van der Waals surface area contributed by atoms with Gasteiger partial charge in [-0.05, 0) is 37.0 Å². The van der Waals surface area contributed by atoms with E-state index < -0.39 is 5.97 Å². The monoisotopic (exact) mass is 239 g/mol. The molecule has 0 aliphatic heterocycles. The first-order chi connectivity index (χ1) is 7.97. The highest BCUT2D eigenvalue weighted by atomic mass is 16.4. The molecule has 2 saturated carbocycles. The fourth-order valence-electron chi connectivity index (χ4n) is 2.87. The fourth-order valence-corrected chi connectivity index (χ4v) is 2.87. The predicted octanol–water partition coefficient (Wildman–Crippen LogP) is 1.65. The highest BCUT2D eigenvalue weighted by Crippen LogP contribution is 2.54. The van der Waals surface area contributed by atoms with Crippen LogP contribution in [0.25, 0.3) is 0 Å². The molecular weight excluding hydrogens is 218 g/mol. The van der Waals surface area contributed by atoms with Gasteiger partial charge in [-0.1, -0.05) is 13.8 Å². The molecule has 96 valence electrons. The van der Waals surface area contributed by atoms with Crippen LogP contribution in [0.1, 0.15) is 39.5 Å². The third-order valence-corrected chi connectivity index (χ3v) is 4.14. The first-order valence-corrected chi connectivity index (χ1v) is 6.49. The Morgan fingerprint density at radius 3 is 2.29 bits per heavy atom. The number of hydrogen-bond acceptors (Lipinski definition) is 2. The zero-order chi connectivity index (χ0) is 12.6. The third kappa shape index (κ3) is 2.99. The predicted molar refractivity (Wildman–Crippen MR) is 63.3 cm³/mol. The van der Waals surface area contributed by atoms with Gasteiger partial charge in [-0.3, -0.25) is 9.59 Å². The summed E-state index contributed by atoms with van der Waals surface area (Å²) in [4.78, 5) is 22.7. The molecule has 0 spiro atoms. The molecule has 2 aliphatic carbocycles. The number of aliphatic carboxylic acids is 1. The Kier molecular flexibility index (Phi) is 3.40. The number of rotatable bonds is 5. The molecule has 2 rings (SSSR count). The maximum Gasteiger partial charge on any atom is 0.305 e. The second kappa shape index (κ2) is 4.67. The van der Waals surface area contributed by atoms with Crippen LogP contribution in [-0.4, -0.2) is 23.0 Å². The fraction of sp³-hybridized carbons (Fsp3) is 0.846. The summed E-state index contributed by atoms with van der Waals surface area (Å²) in [6.07, 6.45) is 3.33. The summed E-state index contributed by atoms with van der Waals surface area (Å²) < 4.78 is 0. The molecular formula is C13H21NO3. The molecule has 0 aromatic carbocycles. The van der Waals surface area contributed by atoms with Crippen LogP contribution < -0.4 is 5.32 Å². The van der Waals surface area contributed by atoms with E-state index in [1.807, 2.05) is 13.8 Å². The molecule has 4 heteroatoms. The molecule has 17 heavy (non-hydrogen) atoms. The molecule has 0 radical (unpaired) electrons. The summed E-state index contributed by atoms with van der Waals surface area (Å²) in [5.74, 6) is 1.07. The second-order valence-corrected chi connectivity index (χ2v) is 5.88. The van der Waals surface area contributed by atoms with Crippen LogP contribution in [0.3, 0.4) is 0 Å². The molecule has 1 amide bonds. The van der Waals surface area contributed by atoms with Gasteiger partial charge in [0.15, 0.2) is 0 Å². The lowest BCUT2D eigenvalue weighted by molar-refractivity contribution is -0.138. The SMILES string of the molecule is CC(C)C(CC(=O)O)NC(=O)C1CC2CC2C1. The first kappa shape index (κ1) is 12.4. The topological polar surface area (TPSA) is 66.4 Å². The number of hydrogen-bond donors (Lipinski definition) is 2.